The fourth-order valence-corrected chi connectivity index (χ4v) is 6.25. The summed E-state index contributed by atoms with van der Waals surface area (Å²) in [7, 11) is 0. The Bertz CT molecular complexity index is 1090. The third-order valence-electron chi connectivity index (χ3n) is 8.78. The SMILES string of the molecule is CCCCCC(C)(C)c1ccc2c3c1ccc1ccc[n+](c13)C(C)(CC)C2(C)CC. The van der Waals surface area contributed by atoms with Gasteiger partial charge in [-0.05, 0) is 53.8 Å². The van der Waals surface area contributed by atoms with Crippen molar-refractivity contribution in [2.75, 3.05) is 0 Å². The highest BCUT2D eigenvalue weighted by atomic mass is 15.1. The Labute approximate surface area is 183 Å². The Kier molecular flexibility index (Phi) is 5.24. The van der Waals surface area contributed by atoms with Gasteiger partial charge < -0.3 is 0 Å². The number of aromatic nitrogens is 1. The van der Waals surface area contributed by atoms with Crippen LogP contribution in [-0.2, 0) is 16.4 Å². The summed E-state index contributed by atoms with van der Waals surface area (Å²) in [6.07, 6.45) is 9.77. The number of pyridine rings is 1. The molecule has 1 aromatic heterocycles. The second-order valence-electron chi connectivity index (χ2n) is 10.6. The van der Waals surface area contributed by atoms with Crippen LogP contribution in [0.2, 0.25) is 0 Å². The molecule has 1 aliphatic heterocycles. The van der Waals surface area contributed by atoms with Crippen molar-refractivity contribution in [2.45, 2.75) is 103 Å². The van der Waals surface area contributed by atoms with E-state index in [0.29, 0.717) is 0 Å². The van der Waals surface area contributed by atoms with E-state index >= 15 is 0 Å². The molecule has 0 aliphatic carbocycles. The van der Waals surface area contributed by atoms with Gasteiger partial charge in [0.15, 0.2) is 11.7 Å². The number of rotatable bonds is 7. The van der Waals surface area contributed by atoms with Gasteiger partial charge in [0.25, 0.3) is 0 Å². The summed E-state index contributed by atoms with van der Waals surface area (Å²) in [5, 5.41) is 4.34. The molecule has 0 saturated carbocycles. The van der Waals surface area contributed by atoms with Crippen LogP contribution in [-0.4, -0.2) is 0 Å². The van der Waals surface area contributed by atoms with Crippen molar-refractivity contribution < 1.29 is 4.57 Å². The highest BCUT2D eigenvalue weighted by Gasteiger charge is 2.55. The van der Waals surface area contributed by atoms with E-state index in [0.717, 1.165) is 12.8 Å². The number of unbranched alkanes of at least 4 members (excludes halogenated alkanes) is 2. The smallest absolute Gasteiger partial charge is 0.192 e. The summed E-state index contributed by atoms with van der Waals surface area (Å²) in [4.78, 5) is 0. The van der Waals surface area contributed by atoms with Gasteiger partial charge in [0.1, 0.15) is 0 Å². The lowest BCUT2D eigenvalue weighted by Gasteiger charge is -2.45. The summed E-state index contributed by atoms with van der Waals surface area (Å²) in [6, 6.07) is 14.3. The maximum Gasteiger partial charge on any atom is 0.221 e. The Morgan fingerprint density at radius 2 is 1.67 bits per heavy atom. The number of hydrogen-bond acceptors (Lipinski definition) is 0. The molecule has 0 bridgehead atoms. The van der Waals surface area contributed by atoms with Crippen molar-refractivity contribution in [2.24, 2.45) is 0 Å². The van der Waals surface area contributed by atoms with Crippen molar-refractivity contribution >= 4 is 21.7 Å². The van der Waals surface area contributed by atoms with E-state index in [-0.39, 0.29) is 16.4 Å². The minimum absolute atomic E-state index is 0.0701. The zero-order chi connectivity index (χ0) is 21.7. The zero-order valence-corrected chi connectivity index (χ0v) is 20.2. The lowest BCUT2D eigenvalue weighted by Crippen LogP contribution is -2.66. The molecule has 4 rings (SSSR count). The molecule has 2 atom stereocenters. The van der Waals surface area contributed by atoms with E-state index < -0.39 is 0 Å². The lowest BCUT2D eigenvalue weighted by molar-refractivity contribution is -0.750. The summed E-state index contributed by atoms with van der Waals surface area (Å²) in [5.74, 6) is 0. The van der Waals surface area contributed by atoms with E-state index in [2.05, 4.69) is 95.6 Å². The molecule has 0 saturated heterocycles. The van der Waals surface area contributed by atoms with Crippen LogP contribution in [0.4, 0.5) is 0 Å². The van der Waals surface area contributed by atoms with E-state index in [4.69, 9.17) is 0 Å². The minimum atomic E-state index is 0.0701. The normalized spacial score (nSPS) is 23.6. The van der Waals surface area contributed by atoms with Gasteiger partial charge >= 0.3 is 0 Å². The third kappa shape index (κ3) is 2.77. The van der Waals surface area contributed by atoms with Crippen molar-refractivity contribution in [1.29, 1.82) is 0 Å². The number of benzene rings is 2. The average Bonchev–Trinajstić information content (AvgIpc) is 2.75. The Balaban J connectivity index is 2.09. The van der Waals surface area contributed by atoms with E-state index in [1.165, 1.54) is 52.9 Å². The second-order valence-corrected chi connectivity index (χ2v) is 10.6. The zero-order valence-electron chi connectivity index (χ0n) is 20.2. The van der Waals surface area contributed by atoms with E-state index in [1.807, 2.05) is 0 Å². The van der Waals surface area contributed by atoms with Gasteiger partial charge in [-0.25, -0.2) is 0 Å². The third-order valence-corrected chi connectivity index (χ3v) is 8.78. The van der Waals surface area contributed by atoms with Crippen LogP contribution in [0.1, 0.15) is 98.1 Å². The van der Waals surface area contributed by atoms with Gasteiger partial charge in [-0.2, -0.15) is 4.57 Å². The van der Waals surface area contributed by atoms with Gasteiger partial charge in [-0.15, -0.1) is 0 Å². The first kappa shape index (κ1) is 21.3. The highest BCUT2D eigenvalue weighted by Crippen LogP contribution is 2.51. The quantitative estimate of drug-likeness (QED) is 0.214. The van der Waals surface area contributed by atoms with Gasteiger partial charge in [0.2, 0.25) is 5.52 Å². The van der Waals surface area contributed by atoms with Crippen LogP contribution in [0.3, 0.4) is 0 Å². The maximum absolute atomic E-state index is 2.62. The average molecular weight is 403 g/mol. The molecular weight excluding hydrogens is 362 g/mol. The first-order chi connectivity index (χ1) is 14.2. The highest BCUT2D eigenvalue weighted by molar-refractivity contribution is 6.08. The molecule has 0 spiro atoms. The van der Waals surface area contributed by atoms with E-state index in [9.17, 15) is 0 Å². The first-order valence-corrected chi connectivity index (χ1v) is 12.2. The molecule has 0 fully saturated rings. The molecule has 0 N–H and O–H groups in total. The predicted molar refractivity (Wildman–Crippen MR) is 130 cm³/mol. The molecule has 1 aliphatic rings. The molecule has 3 aromatic rings. The van der Waals surface area contributed by atoms with Crippen LogP contribution in [0.25, 0.3) is 21.7 Å². The fourth-order valence-electron chi connectivity index (χ4n) is 6.25. The van der Waals surface area contributed by atoms with Gasteiger partial charge in [-0.3, -0.25) is 0 Å². The molecule has 1 nitrogen and oxygen atoms in total. The molecule has 0 radical (unpaired) electrons. The van der Waals surface area contributed by atoms with Crippen LogP contribution >= 0.6 is 0 Å². The molecule has 2 aromatic carbocycles. The molecule has 1 heteroatoms. The van der Waals surface area contributed by atoms with Crippen molar-refractivity contribution in [3.05, 3.63) is 53.7 Å². The van der Waals surface area contributed by atoms with Gasteiger partial charge in [0, 0.05) is 24.8 Å². The molecule has 30 heavy (non-hydrogen) atoms. The summed E-state index contributed by atoms with van der Waals surface area (Å²) < 4.78 is 2.62. The second kappa shape index (κ2) is 7.36. The van der Waals surface area contributed by atoms with Crippen LogP contribution in [0.15, 0.2) is 42.6 Å². The molecule has 2 unspecified atom stereocenters. The van der Waals surface area contributed by atoms with Crippen molar-refractivity contribution in [3.63, 3.8) is 0 Å². The molecule has 0 amide bonds. The Hall–Kier alpha value is -1.89. The predicted octanol–water partition coefficient (Wildman–Crippen LogP) is 7.94. The minimum Gasteiger partial charge on any atom is -0.192 e. The monoisotopic (exact) mass is 402 g/mol. The van der Waals surface area contributed by atoms with Crippen molar-refractivity contribution in [1.82, 2.24) is 0 Å². The standard InChI is InChI=1S/C29H40N/c1-8-11-12-19-27(4,5)23-17-18-24-25-22(23)16-15-21-14-13-20-30(26(21)25)29(7,10-3)28(24,6)9-2/h13-18,20H,8-12,19H2,1-7H3/q+1. The Morgan fingerprint density at radius 1 is 0.900 bits per heavy atom. The summed E-state index contributed by atoms with van der Waals surface area (Å²) in [5.41, 5.74) is 4.88. The lowest BCUT2D eigenvalue weighted by atomic mass is 9.60. The van der Waals surface area contributed by atoms with Crippen LogP contribution in [0.5, 0.6) is 0 Å². The van der Waals surface area contributed by atoms with Gasteiger partial charge in [-0.1, -0.05) is 72.1 Å². The summed E-state index contributed by atoms with van der Waals surface area (Å²) >= 11 is 0. The number of hydrogen-bond donors (Lipinski definition) is 0. The van der Waals surface area contributed by atoms with Gasteiger partial charge in [0.05, 0.1) is 10.8 Å². The van der Waals surface area contributed by atoms with Crippen LogP contribution in [0, 0.1) is 0 Å². The molecule has 2 heterocycles. The topological polar surface area (TPSA) is 3.88 Å². The largest absolute Gasteiger partial charge is 0.221 e. The molecular formula is C29H40N+. The maximum atomic E-state index is 2.62. The molecule has 160 valence electrons. The number of nitrogens with zero attached hydrogens (tertiary/aromatic N) is 1. The Morgan fingerprint density at radius 3 is 2.33 bits per heavy atom. The first-order valence-electron chi connectivity index (χ1n) is 12.2. The summed E-state index contributed by atoms with van der Waals surface area (Å²) in [6.45, 7) is 16.9. The van der Waals surface area contributed by atoms with E-state index in [1.54, 1.807) is 5.56 Å². The van der Waals surface area contributed by atoms with Crippen molar-refractivity contribution in [3.8, 4) is 0 Å². The fraction of sp³-hybridized carbons (Fsp3) is 0.552. The van der Waals surface area contributed by atoms with Crippen LogP contribution < -0.4 is 4.57 Å².